The molecule has 2 rings (SSSR count). The summed E-state index contributed by atoms with van der Waals surface area (Å²) >= 11 is 5.85. The van der Waals surface area contributed by atoms with Crippen LogP contribution in [0.1, 0.15) is 45.4 Å². The monoisotopic (exact) mass is 350 g/mol. The first kappa shape index (κ1) is 18.8. The number of benzene rings is 1. The van der Waals surface area contributed by atoms with Crippen molar-refractivity contribution >= 4 is 29.1 Å². The molecule has 2 amide bonds. The van der Waals surface area contributed by atoms with Gasteiger partial charge < -0.3 is 10.2 Å². The van der Waals surface area contributed by atoms with E-state index in [1.807, 2.05) is 11.9 Å². The Kier molecular flexibility index (Phi) is 7.10. The normalized spacial score (nSPS) is 20.5. The molecule has 1 aliphatic rings. The van der Waals surface area contributed by atoms with Crippen LogP contribution in [-0.4, -0.2) is 30.3 Å². The maximum atomic E-state index is 12.4. The first-order valence-electron chi connectivity index (χ1n) is 8.82. The molecule has 0 atom stereocenters. The van der Waals surface area contributed by atoms with Gasteiger partial charge >= 0.3 is 0 Å². The lowest BCUT2D eigenvalue weighted by molar-refractivity contribution is -0.136. The van der Waals surface area contributed by atoms with E-state index in [2.05, 4.69) is 12.2 Å². The molecule has 0 bridgehead atoms. The molecule has 0 aliphatic heterocycles. The van der Waals surface area contributed by atoms with Gasteiger partial charge in [0.2, 0.25) is 11.8 Å². The highest BCUT2D eigenvalue weighted by molar-refractivity contribution is 6.30. The zero-order valence-electron chi connectivity index (χ0n) is 14.6. The molecule has 24 heavy (non-hydrogen) atoms. The van der Waals surface area contributed by atoms with Gasteiger partial charge in [0, 0.05) is 36.1 Å². The number of hydrogen-bond donors (Lipinski definition) is 1. The van der Waals surface area contributed by atoms with Crippen LogP contribution in [0, 0.1) is 11.8 Å². The number of anilines is 1. The Balaban J connectivity index is 1.80. The number of halogens is 1. The van der Waals surface area contributed by atoms with E-state index in [4.69, 9.17) is 11.6 Å². The Morgan fingerprint density at radius 3 is 2.29 bits per heavy atom. The Labute approximate surface area is 149 Å². The molecule has 0 aromatic heterocycles. The van der Waals surface area contributed by atoms with E-state index in [0.29, 0.717) is 5.02 Å². The van der Waals surface area contributed by atoms with Gasteiger partial charge in [0.15, 0.2) is 0 Å². The highest BCUT2D eigenvalue weighted by Gasteiger charge is 2.31. The molecule has 0 spiro atoms. The van der Waals surface area contributed by atoms with Crippen LogP contribution in [-0.2, 0) is 9.59 Å². The minimum Gasteiger partial charge on any atom is -0.346 e. The van der Waals surface area contributed by atoms with Gasteiger partial charge in [0.05, 0.1) is 0 Å². The summed E-state index contributed by atoms with van der Waals surface area (Å²) in [5, 5.41) is 3.59. The van der Waals surface area contributed by atoms with Crippen LogP contribution in [0.3, 0.4) is 0 Å². The molecule has 0 unspecified atom stereocenters. The topological polar surface area (TPSA) is 49.4 Å². The van der Waals surface area contributed by atoms with Gasteiger partial charge in [0.1, 0.15) is 0 Å². The van der Waals surface area contributed by atoms with Crippen molar-refractivity contribution in [3.05, 3.63) is 29.3 Å². The molecule has 0 radical (unpaired) electrons. The fourth-order valence-corrected chi connectivity index (χ4v) is 3.32. The van der Waals surface area contributed by atoms with Crippen molar-refractivity contribution in [2.24, 2.45) is 11.8 Å². The maximum Gasteiger partial charge on any atom is 0.227 e. The van der Waals surface area contributed by atoms with Crippen molar-refractivity contribution in [1.29, 1.82) is 0 Å². The number of amides is 2. The van der Waals surface area contributed by atoms with E-state index in [1.54, 1.807) is 24.3 Å². The van der Waals surface area contributed by atoms with E-state index >= 15 is 0 Å². The van der Waals surface area contributed by atoms with Crippen LogP contribution in [0.15, 0.2) is 24.3 Å². The van der Waals surface area contributed by atoms with E-state index in [9.17, 15) is 9.59 Å². The molecule has 132 valence electrons. The molecule has 5 heteroatoms. The largest absolute Gasteiger partial charge is 0.346 e. The van der Waals surface area contributed by atoms with Crippen LogP contribution < -0.4 is 5.32 Å². The van der Waals surface area contributed by atoms with Crippen molar-refractivity contribution in [2.75, 3.05) is 18.9 Å². The van der Waals surface area contributed by atoms with E-state index in [1.165, 1.54) is 0 Å². The number of nitrogens with one attached hydrogen (secondary N) is 1. The van der Waals surface area contributed by atoms with Crippen LogP contribution in [0.5, 0.6) is 0 Å². The fourth-order valence-electron chi connectivity index (χ4n) is 3.20. The average molecular weight is 351 g/mol. The number of nitrogens with zero attached hydrogens (tertiary/aromatic N) is 1. The summed E-state index contributed by atoms with van der Waals surface area (Å²) in [6.45, 7) is 2.95. The third-order valence-corrected chi connectivity index (χ3v) is 5.03. The molecular formula is C19H27ClN2O2. The molecule has 1 aliphatic carbocycles. The Morgan fingerprint density at radius 2 is 1.71 bits per heavy atom. The standard InChI is InChI=1S/C19H27ClN2O2/c1-3-4-13-22(2)19(24)15-7-5-14(6-8-15)18(23)21-17-11-9-16(20)10-12-17/h9-12,14-15H,3-8,13H2,1-2H3,(H,21,23). The predicted octanol–water partition coefficient (Wildman–Crippen LogP) is 4.34. The average Bonchev–Trinajstić information content (AvgIpc) is 2.61. The van der Waals surface area contributed by atoms with E-state index in [0.717, 1.165) is 50.8 Å². The van der Waals surface area contributed by atoms with E-state index < -0.39 is 0 Å². The highest BCUT2D eigenvalue weighted by Crippen LogP contribution is 2.31. The third kappa shape index (κ3) is 5.23. The SMILES string of the molecule is CCCCN(C)C(=O)C1CCC(C(=O)Nc2ccc(Cl)cc2)CC1. The summed E-state index contributed by atoms with van der Waals surface area (Å²) in [5.41, 5.74) is 0.766. The van der Waals surface area contributed by atoms with Gasteiger partial charge in [-0.1, -0.05) is 24.9 Å². The minimum absolute atomic E-state index is 0.00863. The van der Waals surface area contributed by atoms with Crippen molar-refractivity contribution in [1.82, 2.24) is 4.90 Å². The second-order valence-electron chi connectivity index (χ2n) is 6.66. The third-order valence-electron chi connectivity index (χ3n) is 4.78. The first-order valence-corrected chi connectivity index (χ1v) is 9.20. The summed E-state index contributed by atoms with van der Waals surface area (Å²) in [6.07, 6.45) is 5.28. The molecule has 1 fully saturated rings. The summed E-state index contributed by atoms with van der Waals surface area (Å²) in [7, 11) is 1.89. The molecule has 1 saturated carbocycles. The van der Waals surface area contributed by atoms with Gasteiger partial charge in [-0.15, -0.1) is 0 Å². The lowest BCUT2D eigenvalue weighted by Gasteiger charge is -2.30. The summed E-state index contributed by atoms with van der Waals surface area (Å²) in [5.74, 6) is 0.347. The second kappa shape index (κ2) is 9.07. The molecular weight excluding hydrogens is 324 g/mol. The van der Waals surface area contributed by atoms with Crippen LogP contribution in [0.2, 0.25) is 5.02 Å². The molecule has 0 saturated heterocycles. The Bertz CT molecular complexity index is 551. The number of carbonyl (C=O) groups excluding carboxylic acids is 2. The smallest absolute Gasteiger partial charge is 0.227 e. The summed E-state index contributed by atoms with van der Waals surface area (Å²) in [6, 6.07) is 7.13. The highest BCUT2D eigenvalue weighted by atomic mass is 35.5. The molecule has 4 nitrogen and oxygen atoms in total. The summed E-state index contributed by atoms with van der Waals surface area (Å²) < 4.78 is 0. The number of carbonyl (C=O) groups is 2. The van der Waals surface area contributed by atoms with Crippen LogP contribution in [0.25, 0.3) is 0 Å². The fraction of sp³-hybridized carbons (Fsp3) is 0.579. The summed E-state index contributed by atoms with van der Waals surface area (Å²) in [4.78, 5) is 26.6. The van der Waals surface area contributed by atoms with Crippen LogP contribution >= 0.6 is 11.6 Å². The van der Waals surface area contributed by atoms with Crippen molar-refractivity contribution in [3.63, 3.8) is 0 Å². The van der Waals surface area contributed by atoms with Crippen molar-refractivity contribution in [2.45, 2.75) is 45.4 Å². The number of unbranched alkanes of at least 4 members (excludes halogenated alkanes) is 1. The molecule has 1 aromatic rings. The van der Waals surface area contributed by atoms with Crippen molar-refractivity contribution < 1.29 is 9.59 Å². The Morgan fingerprint density at radius 1 is 1.12 bits per heavy atom. The van der Waals surface area contributed by atoms with Crippen LogP contribution in [0.4, 0.5) is 5.69 Å². The molecule has 0 heterocycles. The Hall–Kier alpha value is -1.55. The van der Waals surface area contributed by atoms with E-state index in [-0.39, 0.29) is 23.7 Å². The van der Waals surface area contributed by atoms with Gasteiger partial charge in [-0.2, -0.15) is 0 Å². The minimum atomic E-state index is -0.00863. The van der Waals surface area contributed by atoms with Gasteiger partial charge in [-0.05, 0) is 56.4 Å². The number of rotatable bonds is 6. The first-order chi connectivity index (χ1) is 11.5. The van der Waals surface area contributed by atoms with Gasteiger partial charge in [-0.25, -0.2) is 0 Å². The van der Waals surface area contributed by atoms with Gasteiger partial charge in [-0.3, -0.25) is 9.59 Å². The molecule has 1 aromatic carbocycles. The zero-order chi connectivity index (χ0) is 17.5. The lowest BCUT2D eigenvalue weighted by atomic mass is 9.81. The lowest BCUT2D eigenvalue weighted by Crippen LogP contribution is -2.37. The zero-order valence-corrected chi connectivity index (χ0v) is 15.3. The molecule has 1 N–H and O–H groups in total. The number of hydrogen-bond acceptors (Lipinski definition) is 2. The maximum absolute atomic E-state index is 12.4. The van der Waals surface area contributed by atoms with Crippen molar-refractivity contribution in [3.8, 4) is 0 Å². The quantitative estimate of drug-likeness (QED) is 0.829. The second-order valence-corrected chi connectivity index (χ2v) is 7.09. The van der Waals surface area contributed by atoms with Gasteiger partial charge in [0.25, 0.3) is 0 Å². The predicted molar refractivity (Wildman–Crippen MR) is 98.1 cm³/mol.